The zero-order valence-corrected chi connectivity index (χ0v) is 10.7. The number of carbonyl (C=O) groups excluding carboxylic acids is 1. The van der Waals surface area contributed by atoms with Crippen molar-refractivity contribution in [3.05, 3.63) is 30.5 Å². The van der Waals surface area contributed by atoms with Gasteiger partial charge in [-0.25, -0.2) is 4.68 Å². The summed E-state index contributed by atoms with van der Waals surface area (Å²) in [4.78, 5) is 11.1. The number of nitrogens with zero attached hydrogens (tertiary/aromatic N) is 3. The number of methoxy groups -OCH3 is 1. The number of carbonyl (C=O) groups is 1. The van der Waals surface area contributed by atoms with Crippen molar-refractivity contribution in [1.82, 2.24) is 15.0 Å². The second-order valence-corrected chi connectivity index (χ2v) is 4.15. The fourth-order valence-electron chi connectivity index (χ4n) is 1.82. The first-order valence-corrected chi connectivity index (χ1v) is 6.02. The third kappa shape index (κ3) is 3.31. The van der Waals surface area contributed by atoms with Gasteiger partial charge in [-0.15, -0.1) is 5.10 Å². The van der Waals surface area contributed by atoms with Crippen LogP contribution in [-0.4, -0.2) is 28.1 Å². The molecule has 6 nitrogen and oxygen atoms in total. The molecule has 0 fully saturated rings. The van der Waals surface area contributed by atoms with E-state index >= 15 is 0 Å². The highest BCUT2D eigenvalue weighted by atomic mass is 16.5. The minimum atomic E-state index is -0.217. The molecule has 0 spiro atoms. The smallest absolute Gasteiger partial charge is 0.305 e. The Morgan fingerprint density at radius 1 is 1.47 bits per heavy atom. The molecule has 0 unspecified atom stereocenters. The van der Waals surface area contributed by atoms with Crippen molar-refractivity contribution < 1.29 is 9.53 Å². The van der Waals surface area contributed by atoms with Gasteiger partial charge < -0.3 is 10.5 Å². The van der Waals surface area contributed by atoms with Crippen LogP contribution in [0.25, 0.3) is 11.3 Å². The summed E-state index contributed by atoms with van der Waals surface area (Å²) in [5.74, 6) is -0.217. The molecule has 1 heterocycles. The second kappa shape index (κ2) is 5.99. The van der Waals surface area contributed by atoms with Crippen molar-refractivity contribution in [3.8, 4) is 11.3 Å². The molecule has 0 radical (unpaired) electrons. The lowest BCUT2D eigenvalue weighted by Gasteiger charge is -2.06. The number of rotatable bonds is 5. The molecular formula is C13H16N4O2. The number of hydrogen-bond acceptors (Lipinski definition) is 5. The molecule has 2 N–H and O–H groups in total. The SMILES string of the molecule is COC(=O)CCCn1nncc1-c1cccc(N)c1. The van der Waals surface area contributed by atoms with Crippen molar-refractivity contribution in [1.29, 1.82) is 0 Å². The van der Waals surface area contributed by atoms with Crippen LogP contribution < -0.4 is 5.73 Å². The van der Waals surface area contributed by atoms with Gasteiger partial charge in [-0.05, 0) is 18.6 Å². The molecule has 0 aliphatic rings. The van der Waals surface area contributed by atoms with E-state index < -0.39 is 0 Å². The summed E-state index contributed by atoms with van der Waals surface area (Å²) >= 11 is 0. The van der Waals surface area contributed by atoms with Gasteiger partial charge in [0.05, 0.1) is 19.0 Å². The average molecular weight is 260 g/mol. The Kier molecular flexibility index (Phi) is 4.12. The fourth-order valence-corrected chi connectivity index (χ4v) is 1.82. The van der Waals surface area contributed by atoms with Gasteiger partial charge in [0.15, 0.2) is 0 Å². The van der Waals surface area contributed by atoms with Crippen molar-refractivity contribution in [2.75, 3.05) is 12.8 Å². The third-order valence-electron chi connectivity index (χ3n) is 2.78. The number of aromatic nitrogens is 3. The molecule has 0 aliphatic heterocycles. The van der Waals surface area contributed by atoms with Gasteiger partial charge in [-0.2, -0.15) is 0 Å². The molecule has 19 heavy (non-hydrogen) atoms. The summed E-state index contributed by atoms with van der Waals surface area (Å²) in [6, 6.07) is 7.53. The van der Waals surface area contributed by atoms with Crippen molar-refractivity contribution in [3.63, 3.8) is 0 Å². The molecule has 0 bridgehead atoms. The molecule has 0 atom stereocenters. The maximum absolute atomic E-state index is 11.1. The first kappa shape index (κ1) is 13.1. The first-order chi connectivity index (χ1) is 9.20. The van der Waals surface area contributed by atoms with E-state index in [-0.39, 0.29) is 5.97 Å². The van der Waals surface area contributed by atoms with Crippen molar-refractivity contribution in [2.24, 2.45) is 0 Å². The van der Waals surface area contributed by atoms with E-state index in [0.717, 1.165) is 11.3 Å². The number of nitrogen functional groups attached to an aromatic ring is 1. The molecular weight excluding hydrogens is 244 g/mol. The Morgan fingerprint density at radius 3 is 3.05 bits per heavy atom. The van der Waals surface area contributed by atoms with Crippen LogP contribution in [0.2, 0.25) is 0 Å². The van der Waals surface area contributed by atoms with Crippen LogP contribution in [0.4, 0.5) is 5.69 Å². The van der Waals surface area contributed by atoms with Crippen molar-refractivity contribution >= 4 is 11.7 Å². The molecule has 6 heteroatoms. The molecule has 1 aromatic heterocycles. The molecule has 0 amide bonds. The van der Waals surface area contributed by atoms with Gasteiger partial charge in [0.25, 0.3) is 0 Å². The minimum absolute atomic E-state index is 0.217. The largest absolute Gasteiger partial charge is 0.469 e. The number of ether oxygens (including phenoxy) is 1. The van der Waals surface area contributed by atoms with Gasteiger partial charge in [-0.3, -0.25) is 4.79 Å². The number of hydrogen-bond donors (Lipinski definition) is 1. The Labute approximate surface area is 111 Å². The zero-order valence-electron chi connectivity index (χ0n) is 10.7. The Hall–Kier alpha value is -2.37. The minimum Gasteiger partial charge on any atom is -0.469 e. The number of anilines is 1. The Bertz CT molecular complexity index is 565. The summed E-state index contributed by atoms with van der Waals surface area (Å²) in [6.07, 6.45) is 2.71. The molecule has 0 aliphatic carbocycles. The van der Waals surface area contributed by atoms with Gasteiger partial charge in [0.2, 0.25) is 0 Å². The summed E-state index contributed by atoms with van der Waals surface area (Å²) in [7, 11) is 1.38. The van der Waals surface area contributed by atoms with E-state index in [0.29, 0.717) is 25.1 Å². The predicted molar refractivity (Wildman–Crippen MR) is 71.1 cm³/mol. The third-order valence-corrected chi connectivity index (χ3v) is 2.78. The highest BCUT2D eigenvalue weighted by molar-refractivity contribution is 5.69. The molecule has 0 saturated carbocycles. The standard InChI is InChI=1S/C13H16N4O2/c1-19-13(18)6-3-7-17-12(9-15-16-17)10-4-2-5-11(14)8-10/h2,4-5,8-9H,3,6-7,14H2,1H3. The second-order valence-electron chi connectivity index (χ2n) is 4.15. The van der Waals surface area contributed by atoms with Crippen LogP contribution >= 0.6 is 0 Å². The monoisotopic (exact) mass is 260 g/mol. The van der Waals surface area contributed by atoms with Crippen LogP contribution in [0.3, 0.4) is 0 Å². The van der Waals surface area contributed by atoms with E-state index in [1.807, 2.05) is 24.3 Å². The average Bonchev–Trinajstić information content (AvgIpc) is 2.87. The Morgan fingerprint density at radius 2 is 2.32 bits per heavy atom. The van der Waals surface area contributed by atoms with Gasteiger partial charge in [0.1, 0.15) is 0 Å². The fraction of sp³-hybridized carbons (Fsp3) is 0.308. The van der Waals surface area contributed by atoms with Gasteiger partial charge >= 0.3 is 5.97 Å². The summed E-state index contributed by atoms with van der Waals surface area (Å²) in [5.41, 5.74) is 8.30. The van der Waals surface area contributed by atoms with E-state index in [4.69, 9.17) is 5.73 Å². The maximum atomic E-state index is 11.1. The summed E-state index contributed by atoms with van der Waals surface area (Å²) < 4.78 is 6.36. The topological polar surface area (TPSA) is 83.0 Å². The molecule has 100 valence electrons. The van der Waals surface area contributed by atoms with E-state index in [2.05, 4.69) is 15.0 Å². The van der Waals surface area contributed by atoms with Crippen LogP contribution in [0, 0.1) is 0 Å². The van der Waals surface area contributed by atoms with Crippen LogP contribution in [0.1, 0.15) is 12.8 Å². The lowest BCUT2D eigenvalue weighted by molar-refractivity contribution is -0.140. The predicted octanol–water partition coefficient (Wildman–Crippen LogP) is 1.48. The molecule has 2 aromatic rings. The van der Waals surface area contributed by atoms with E-state index in [1.54, 1.807) is 10.9 Å². The number of aryl methyl sites for hydroxylation is 1. The van der Waals surface area contributed by atoms with Crippen LogP contribution in [0.15, 0.2) is 30.5 Å². The quantitative estimate of drug-likeness (QED) is 0.650. The Balaban J connectivity index is 2.08. The summed E-state index contributed by atoms with van der Waals surface area (Å²) in [5, 5.41) is 7.92. The number of nitrogens with two attached hydrogens (primary N) is 1. The lowest BCUT2D eigenvalue weighted by atomic mass is 10.1. The zero-order chi connectivity index (χ0) is 13.7. The summed E-state index contributed by atoms with van der Waals surface area (Å²) in [6.45, 7) is 0.610. The highest BCUT2D eigenvalue weighted by Gasteiger charge is 2.08. The van der Waals surface area contributed by atoms with Crippen LogP contribution in [0.5, 0.6) is 0 Å². The number of benzene rings is 1. The number of esters is 1. The van der Waals surface area contributed by atoms with Crippen LogP contribution in [-0.2, 0) is 16.1 Å². The first-order valence-electron chi connectivity index (χ1n) is 6.02. The van der Waals surface area contributed by atoms with Gasteiger partial charge in [0, 0.05) is 24.2 Å². The van der Waals surface area contributed by atoms with Gasteiger partial charge in [-0.1, -0.05) is 17.3 Å². The van der Waals surface area contributed by atoms with E-state index in [9.17, 15) is 4.79 Å². The van der Waals surface area contributed by atoms with E-state index in [1.165, 1.54) is 7.11 Å². The highest BCUT2D eigenvalue weighted by Crippen LogP contribution is 2.20. The molecule has 1 aromatic carbocycles. The lowest BCUT2D eigenvalue weighted by Crippen LogP contribution is -2.06. The molecule has 0 saturated heterocycles. The van der Waals surface area contributed by atoms with Crippen molar-refractivity contribution in [2.45, 2.75) is 19.4 Å². The maximum Gasteiger partial charge on any atom is 0.305 e. The molecule has 2 rings (SSSR count). The normalized spacial score (nSPS) is 10.4.